The topological polar surface area (TPSA) is 117 Å². The molecular formula is C20H20F3N5O2S. The predicted molar refractivity (Wildman–Crippen MR) is 114 cm³/mol. The van der Waals surface area contributed by atoms with Crippen molar-refractivity contribution in [3.05, 3.63) is 51.8 Å². The van der Waals surface area contributed by atoms with Crippen LogP contribution in [-0.2, 0) is 12.7 Å². The summed E-state index contributed by atoms with van der Waals surface area (Å²) in [5.74, 6) is -0.515. The minimum atomic E-state index is -4.53. The number of nitrogens with two attached hydrogens (primary N) is 1. The van der Waals surface area contributed by atoms with Crippen LogP contribution in [0.1, 0.15) is 34.0 Å². The third kappa shape index (κ3) is 4.94. The molecule has 5 N–H and O–H groups in total. The number of anilines is 1. The lowest BCUT2D eigenvalue weighted by molar-refractivity contribution is -0.137. The van der Waals surface area contributed by atoms with E-state index < -0.39 is 23.2 Å². The van der Waals surface area contributed by atoms with E-state index in [2.05, 4.69) is 10.3 Å². The molecule has 2 heterocycles. The average Bonchev–Trinajstić information content (AvgIpc) is 3.26. The van der Waals surface area contributed by atoms with Crippen molar-refractivity contribution in [2.24, 2.45) is 5.73 Å². The molecule has 31 heavy (non-hydrogen) atoms. The molecule has 0 saturated heterocycles. The summed E-state index contributed by atoms with van der Waals surface area (Å²) in [6.07, 6.45) is -2.22. The number of thiophene rings is 1. The van der Waals surface area contributed by atoms with Crippen molar-refractivity contribution in [2.75, 3.05) is 5.32 Å². The van der Waals surface area contributed by atoms with E-state index in [1.807, 2.05) is 0 Å². The van der Waals surface area contributed by atoms with Crippen molar-refractivity contribution in [3.8, 4) is 0 Å². The number of alkyl halides is 3. The number of carbonyl (C=O) groups excluding carboxylic acids is 1. The van der Waals surface area contributed by atoms with Crippen molar-refractivity contribution in [1.29, 1.82) is 5.41 Å². The van der Waals surface area contributed by atoms with Crippen molar-refractivity contribution >= 4 is 46.0 Å². The summed E-state index contributed by atoms with van der Waals surface area (Å²) >= 11 is 1.10. The molecule has 0 aliphatic carbocycles. The average molecular weight is 451 g/mol. The highest BCUT2D eigenvalue weighted by atomic mass is 32.1. The van der Waals surface area contributed by atoms with Crippen LogP contribution in [0, 0.1) is 5.41 Å². The molecule has 7 nitrogen and oxygen atoms in total. The number of benzene rings is 1. The first-order chi connectivity index (χ1) is 14.4. The van der Waals surface area contributed by atoms with Crippen LogP contribution < -0.4 is 11.1 Å². The molecule has 0 bridgehead atoms. The zero-order chi connectivity index (χ0) is 23.0. The molecule has 3 aromatic rings. The third-order valence-electron chi connectivity index (χ3n) is 4.30. The molecule has 0 radical (unpaired) electrons. The molecule has 11 heteroatoms. The first-order valence-electron chi connectivity index (χ1n) is 9.07. The van der Waals surface area contributed by atoms with E-state index in [0.29, 0.717) is 20.8 Å². The maximum atomic E-state index is 13.1. The highest BCUT2D eigenvalue weighted by Gasteiger charge is 2.31. The Balaban J connectivity index is 2.01. The number of halogens is 3. The molecule has 1 amide bonds. The number of nitrogens with zero attached hydrogens (tertiary/aromatic N) is 2. The number of aliphatic hydroxyl groups is 1. The van der Waals surface area contributed by atoms with E-state index in [0.717, 1.165) is 29.7 Å². The molecule has 3 rings (SSSR count). The van der Waals surface area contributed by atoms with Crippen molar-refractivity contribution in [2.45, 2.75) is 32.2 Å². The third-order valence-corrected chi connectivity index (χ3v) is 5.43. The summed E-state index contributed by atoms with van der Waals surface area (Å²) in [6.45, 7) is 3.07. The van der Waals surface area contributed by atoms with Gasteiger partial charge in [0, 0.05) is 22.9 Å². The Morgan fingerprint density at radius 2 is 1.97 bits per heavy atom. The van der Waals surface area contributed by atoms with Crippen LogP contribution >= 0.6 is 11.3 Å². The lowest BCUT2D eigenvalue weighted by Gasteiger charge is -2.20. The molecule has 0 fully saturated rings. The molecule has 0 spiro atoms. The minimum Gasteiger partial charge on any atom is -0.404 e. The number of aromatic nitrogens is 2. The minimum absolute atomic E-state index is 0.00592. The van der Waals surface area contributed by atoms with Gasteiger partial charge in [0.25, 0.3) is 5.91 Å². The monoisotopic (exact) mass is 451 g/mol. The van der Waals surface area contributed by atoms with Gasteiger partial charge in [0.05, 0.1) is 33.6 Å². The number of rotatable bonds is 6. The van der Waals surface area contributed by atoms with E-state index in [1.54, 1.807) is 12.1 Å². The highest BCUT2D eigenvalue weighted by Crippen LogP contribution is 2.33. The second-order valence-electron chi connectivity index (χ2n) is 7.42. The van der Waals surface area contributed by atoms with Crippen LogP contribution in [0.4, 0.5) is 19.1 Å². The fraction of sp³-hybridized carbons (Fsp3) is 0.250. The van der Waals surface area contributed by atoms with Crippen molar-refractivity contribution in [1.82, 2.24) is 9.55 Å². The Kier molecular flexibility index (Phi) is 5.92. The maximum absolute atomic E-state index is 13.1. The van der Waals surface area contributed by atoms with Gasteiger partial charge in [-0.15, -0.1) is 11.3 Å². The maximum Gasteiger partial charge on any atom is 0.416 e. The van der Waals surface area contributed by atoms with Crippen LogP contribution in [0.3, 0.4) is 0 Å². The van der Waals surface area contributed by atoms with E-state index in [-0.39, 0.29) is 18.0 Å². The molecule has 164 valence electrons. The van der Waals surface area contributed by atoms with Crippen LogP contribution in [0.15, 0.2) is 36.5 Å². The van der Waals surface area contributed by atoms with Crippen LogP contribution in [-0.4, -0.2) is 32.4 Å². The molecule has 0 unspecified atom stereocenters. The fourth-order valence-electron chi connectivity index (χ4n) is 2.93. The predicted octanol–water partition coefficient (Wildman–Crippen LogP) is 4.09. The van der Waals surface area contributed by atoms with Gasteiger partial charge >= 0.3 is 6.18 Å². The Hall–Kier alpha value is -3.18. The standard InChI is InChI=1S/C20H20F3N5O2S/c1-19(2,30)10-28-14-4-3-12(20(21,22)23)7-13(14)26-18(28)27-17(29)16-6-5-15(31-16)11(8-24)9-25/h3-9,24,30H,10,25H2,1-2H3,(H,26,27,29)/b11-9+,24-8?. The summed E-state index contributed by atoms with van der Waals surface area (Å²) in [6, 6.07) is 6.28. The van der Waals surface area contributed by atoms with Gasteiger partial charge in [-0.2, -0.15) is 13.2 Å². The Bertz CT molecular complexity index is 1170. The van der Waals surface area contributed by atoms with Gasteiger partial charge in [0.2, 0.25) is 5.95 Å². The van der Waals surface area contributed by atoms with Gasteiger partial charge in [0.15, 0.2) is 0 Å². The number of hydrogen-bond donors (Lipinski definition) is 4. The molecule has 2 aromatic heterocycles. The van der Waals surface area contributed by atoms with Gasteiger partial charge in [-0.25, -0.2) is 4.98 Å². The normalized spacial score (nSPS) is 12.9. The largest absolute Gasteiger partial charge is 0.416 e. The molecule has 1 aromatic carbocycles. The van der Waals surface area contributed by atoms with Crippen molar-refractivity contribution in [3.63, 3.8) is 0 Å². The number of nitrogens with one attached hydrogen (secondary N) is 2. The first kappa shape index (κ1) is 22.5. The molecule has 0 atom stereocenters. The molecular weight excluding hydrogens is 431 g/mol. The zero-order valence-corrected chi connectivity index (χ0v) is 17.4. The van der Waals surface area contributed by atoms with Crippen LogP contribution in [0.25, 0.3) is 16.6 Å². The second-order valence-corrected chi connectivity index (χ2v) is 8.50. The van der Waals surface area contributed by atoms with E-state index >= 15 is 0 Å². The Morgan fingerprint density at radius 1 is 1.29 bits per heavy atom. The summed E-state index contributed by atoms with van der Waals surface area (Å²) in [7, 11) is 0. The number of amides is 1. The number of fused-ring (bicyclic) bond motifs is 1. The Labute approximate surface area is 179 Å². The van der Waals surface area contributed by atoms with E-state index in [4.69, 9.17) is 11.1 Å². The Morgan fingerprint density at radius 3 is 2.55 bits per heavy atom. The van der Waals surface area contributed by atoms with Gasteiger partial charge in [-0.3, -0.25) is 10.1 Å². The van der Waals surface area contributed by atoms with Crippen LogP contribution in [0.5, 0.6) is 0 Å². The fourth-order valence-corrected chi connectivity index (χ4v) is 3.83. The van der Waals surface area contributed by atoms with Gasteiger partial charge in [-0.1, -0.05) is 0 Å². The smallest absolute Gasteiger partial charge is 0.404 e. The molecule has 0 saturated carbocycles. The quantitative estimate of drug-likeness (QED) is 0.422. The van der Waals surface area contributed by atoms with E-state index in [1.165, 1.54) is 30.7 Å². The van der Waals surface area contributed by atoms with E-state index in [9.17, 15) is 23.1 Å². The van der Waals surface area contributed by atoms with Crippen LogP contribution in [0.2, 0.25) is 0 Å². The van der Waals surface area contributed by atoms with Gasteiger partial charge in [0.1, 0.15) is 0 Å². The second kappa shape index (κ2) is 8.16. The first-order valence-corrected chi connectivity index (χ1v) is 9.88. The number of hydrogen-bond acceptors (Lipinski definition) is 6. The summed E-state index contributed by atoms with van der Waals surface area (Å²) in [5.41, 5.74) is 4.22. The number of allylic oxidation sites excluding steroid dienone is 1. The summed E-state index contributed by atoms with van der Waals surface area (Å²) < 4.78 is 40.7. The summed E-state index contributed by atoms with van der Waals surface area (Å²) in [4.78, 5) is 17.8. The number of imidazole rings is 1. The molecule has 0 aliphatic rings. The molecule has 0 aliphatic heterocycles. The van der Waals surface area contributed by atoms with Crippen molar-refractivity contribution < 1.29 is 23.1 Å². The lowest BCUT2D eigenvalue weighted by atomic mass is 10.1. The summed E-state index contributed by atoms with van der Waals surface area (Å²) in [5, 5.41) is 20.2. The lowest BCUT2D eigenvalue weighted by Crippen LogP contribution is -2.27. The SMILES string of the molecule is CC(C)(O)Cn1c(NC(=O)c2ccc(/C(C=N)=C/N)s2)nc2cc(C(F)(F)F)ccc21. The van der Waals surface area contributed by atoms with Gasteiger partial charge in [-0.05, 0) is 44.2 Å². The van der Waals surface area contributed by atoms with Gasteiger partial charge < -0.3 is 20.8 Å². The number of carbonyl (C=O) groups is 1. The zero-order valence-electron chi connectivity index (χ0n) is 16.6. The highest BCUT2D eigenvalue weighted by molar-refractivity contribution is 7.15.